The molecular weight excluding hydrogens is 396 g/mol. The van der Waals surface area contributed by atoms with Crippen LogP contribution in [0.4, 0.5) is 29.2 Å². The minimum Gasteiger partial charge on any atom is -0.486 e. The average Bonchev–Trinajstić information content (AvgIpc) is 2.81. The quantitative estimate of drug-likeness (QED) is 0.645. The Bertz CT molecular complexity index is 1050. The predicted molar refractivity (Wildman–Crippen MR) is 118 cm³/mol. The molecule has 0 bridgehead atoms. The number of nitrogens with zero attached hydrogens (tertiary/aromatic N) is 4. The maximum atomic E-state index is 5.68. The molecule has 0 radical (unpaired) electrons. The molecule has 2 aliphatic rings. The molecule has 2 N–H and O–H groups in total. The molecule has 31 heavy (non-hydrogen) atoms. The number of fused-ring (bicyclic) bond motifs is 1. The average molecular weight is 420 g/mol. The Hall–Kier alpha value is -3.59. The number of aryl methyl sites for hydroxylation is 1. The number of morpholine rings is 1. The summed E-state index contributed by atoms with van der Waals surface area (Å²) >= 11 is 0. The van der Waals surface area contributed by atoms with Crippen LogP contribution < -0.4 is 25.0 Å². The standard InChI is InChI=1S/C22H24N6O3/c1-15-2-4-16(5-3-15)23-20-25-21(27-22(26-20)28-8-10-29-11-9-28)24-17-6-7-18-19(14-17)31-13-12-30-18/h2-7,14H,8-13H2,1H3,(H2,23,24,25,26,27). The van der Waals surface area contributed by atoms with Gasteiger partial charge in [-0.05, 0) is 31.2 Å². The van der Waals surface area contributed by atoms with Crippen LogP contribution in [0.1, 0.15) is 5.56 Å². The van der Waals surface area contributed by atoms with Crippen molar-refractivity contribution in [1.82, 2.24) is 15.0 Å². The van der Waals surface area contributed by atoms with E-state index in [1.807, 2.05) is 42.5 Å². The minimum atomic E-state index is 0.447. The van der Waals surface area contributed by atoms with Crippen molar-refractivity contribution in [3.05, 3.63) is 48.0 Å². The van der Waals surface area contributed by atoms with Crippen LogP contribution in [0.15, 0.2) is 42.5 Å². The normalized spacial score (nSPS) is 15.5. The molecule has 2 aliphatic heterocycles. The van der Waals surface area contributed by atoms with E-state index in [0.29, 0.717) is 50.0 Å². The van der Waals surface area contributed by atoms with Gasteiger partial charge in [0.15, 0.2) is 11.5 Å². The van der Waals surface area contributed by atoms with E-state index in [-0.39, 0.29) is 0 Å². The van der Waals surface area contributed by atoms with Gasteiger partial charge in [-0.25, -0.2) is 0 Å². The van der Waals surface area contributed by atoms with E-state index in [4.69, 9.17) is 14.2 Å². The minimum absolute atomic E-state index is 0.447. The largest absolute Gasteiger partial charge is 0.486 e. The van der Waals surface area contributed by atoms with E-state index in [0.717, 1.165) is 30.2 Å². The second kappa shape index (κ2) is 8.65. The highest BCUT2D eigenvalue weighted by Crippen LogP contribution is 2.33. The zero-order chi connectivity index (χ0) is 21.0. The summed E-state index contributed by atoms with van der Waals surface area (Å²) in [5, 5.41) is 6.56. The van der Waals surface area contributed by atoms with Crippen LogP contribution in [0.2, 0.25) is 0 Å². The number of anilines is 5. The lowest BCUT2D eigenvalue weighted by molar-refractivity contribution is 0.122. The summed E-state index contributed by atoms with van der Waals surface area (Å²) in [6.45, 7) is 5.92. The van der Waals surface area contributed by atoms with Gasteiger partial charge >= 0.3 is 0 Å². The van der Waals surface area contributed by atoms with Crippen molar-refractivity contribution in [2.75, 3.05) is 55.1 Å². The Balaban J connectivity index is 1.44. The maximum Gasteiger partial charge on any atom is 0.233 e. The van der Waals surface area contributed by atoms with Crippen molar-refractivity contribution in [1.29, 1.82) is 0 Å². The first-order valence-electron chi connectivity index (χ1n) is 10.3. The zero-order valence-corrected chi connectivity index (χ0v) is 17.3. The molecule has 0 aliphatic carbocycles. The second-order valence-electron chi connectivity index (χ2n) is 7.36. The van der Waals surface area contributed by atoms with Gasteiger partial charge in [-0.1, -0.05) is 17.7 Å². The molecule has 0 spiro atoms. The Morgan fingerprint density at radius 2 is 1.39 bits per heavy atom. The third-order valence-electron chi connectivity index (χ3n) is 5.02. The monoisotopic (exact) mass is 420 g/mol. The summed E-state index contributed by atoms with van der Waals surface area (Å²) in [5.74, 6) is 2.97. The van der Waals surface area contributed by atoms with Crippen LogP contribution >= 0.6 is 0 Å². The van der Waals surface area contributed by atoms with Crippen LogP contribution in [0, 0.1) is 6.92 Å². The molecule has 9 nitrogen and oxygen atoms in total. The number of hydrogen-bond acceptors (Lipinski definition) is 9. The fraction of sp³-hybridized carbons (Fsp3) is 0.318. The molecule has 1 fully saturated rings. The van der Waals surface area contributed by atoms with E-state index in [2.05, 4.69) is 37.4 Å². The third kappa shape index (κ3) is 4.61. The van der Waals surface area contributed by atoms with Gasteiger partial charge in [0.2, 0.25) is 17.8 Å². The van der Waals surface area contributed by atoms with E-state index in [1.165, 1.54) is 5.56 Å². The van der Waals surface area contributed by atoms with Gasteiger partial charge in [0.1, 0.15) is 13.2 Å². The fourth-order valence-electron chi connectivity index (χ4n) is 3.40. The number of nitrogens with one attached hydrogen (secondary N) is 2. The van der Waals surface area contributed by atoms with Gasteiger partial charge in [-0.15, -0.1) is 0 Å². The molecule has 5 rings (SSSR count). The molecule has 0 atom stereocenters. The molecule has 3 aromatic rings. The number of aromatic nitrogens is 3. The molecule has 1 saturated heterocycles. The second-order valence-corrected chi connectivity index (χ2v) is 7.36. The van der Waals surface area contributed by atoms with Crippen LogP contribution in [0.3, 0.4) is 0 Å². The maximum absolute atomic E-state index is 5.68. The highest BCUT2D eigenvalue weighted by atomic mass is 16.6. The summed E-state index contributed by atoms with van der Waals surface area (Å²) in [5.41, 5.74) is 2.91. The van der Waals surface area contributed by atoms with Crippen LogP contribution in [-0.4, -0.2) is 54.5 Å². The summed E-state index contributed by atoms with van der Waals surface area (Å²) in [6.07, 6.45) is 0. The van der Waals surface area contributed by atoms with Gasteiger partial charge in [-0.2, -0.15) is 15.0 Å². The molecule has 3 heterocycles. The molecule has 2 aromatic carbocycles. The van der Waals surface area contributed by atoms with Gasteiger partial charge in [-0.3, -0.25) is 0 Å². The Labute approximate surface area is 180 Å². The Kier molecular flexibility index (Phi) is 5.40. The van der Waals surface area contributed by atoms with Gasteiger partial charge < -0.3 is 29.7 Å². The molecule has 0 amide bonds. The zero-order valence-electron chi connectivity index (χ0n) is 17.3. The summed E-state index contributed by atoms with van der Waals surface area (Å²) in [4.78, 5) is 16.0. The molecule has 160 valence electrons. The first-order chi connectivity index (χ1) is 15.2. The lowest BCUT2D eigenvalue weighted by atomic mass is 10.2. The van der Waals surface area contributed by atoms with Gasteiger partial charge in [0.05, 0.1) is 13.2 Å². The molecule has 1 aromatic heterocycles. The fourth-order valence-corrected chi connectivity index (χ4v) is 3.40. The van der Waals surface area contributed by atoms with Gasteiger partial charge in [0.25, 0.3) is 0 Å². The lowest BCUT2D eigenvalue weighted by Gasteiger charge is -2.27. The van der Waals surface area contributed by atoms with Crippen molar-refractivity contribution in [3.63, 3.8) is 0 Å². The summed E-state index contributed by atoms with van der Waals surface area (Å²) < 4.78 is 16.7. The summed E-state index contributed by atoms with van der Waals surface area (Å²) in [6, 6.07) is 13.8. The number of benzene rings is 2. The number of rotatable bonds is 5. The number of ether oxygens (including phenoxy) is 3. The smallest absolute Gasteiger partial charge is 0.233 e. The summed E-state index contributed by atoms with van der Waals surface area (Å²) in [7, 11) is 0. The van der Waals surface area contributed by atoms with Crippen molar-refractivity contribution >= 4 is 29.2 Å². The Morgan fingerprint density at radius 3 is 2.13 bits per heavy atom. The molecule has 0 saturated carbocycles. The van der Waals surface area contributed by atoms with Gasteiger partial charge in [0, 0.05) is 30.5 Å². The molecule has 9 heteroatoms. The lowest BCUT2D eigenvalue weighted by Crippen LogP contribution is -2.37. The van der Waals surface area contributed by atoms with E-state index in [1.54, 1.807) is 0 Å². The van der Waals surface area contributed by atoms with Crippen LogP contribution in [0.5, 0.6) is 11.5 Å². The Morgan fingerprint density at radius 1 is 0.742 bits per heavy atom. The SMILES string of the molecule is Cc1ccc(Nc2nc(Nc3ccc4c(c3)OCCO4)nc(N3CCOCC3)n2)cc1. The van der Waals surface area contributed by atoms with E-state index < -0.39 is 0 Å². The topological polar surface area (TPSA) is 93.7 Å². The molecule has 0 unspecified atom stereocenters. The predicted octanol–water partition coefficient (Wildman–Crippen LogP) is 3.28. The molecular formula is C22H24N6O3. The van der Waals surface area contributed by atoms with Crippen LogP contribution in [-0.2, 0) is 4.74 Å². The van der Waals surface area contributed by atoms with Crippen molar-refractivity contribution < 1.29 is 14.2 Å². The van der Waals surface area contributed by atoms with E-state index in [9.17, 15) is 0 Å². The van der Waals surface area contributed by atoms with Crippen LogP contribution in [0.25, 0.3) is 0 Å². The van der Waals surface area contributed by atoms with Crippen molar-refractivity contribution in [3.8, 4) is 11.5 Å². The first-order valence-corrected chi connectivity index (χ1v) is 10.3. The third-order valence-corrected chi connectivity index (χ3v) is 5.02. The number of hydrogen-bond donors (Lipinski definition) is 2. The highest BCUT2D eigenvalue weighted by Gasteiger charge is 2.18. The first kappa shape index (κ1) is 19.4. The van der Waals surface area contributed by atoms with E-state index >= 15 is 0 Å². The van der Waals surface area contributed by atoms with Crippen molar-refractivity contribution in [2.45, 2.75) is 6.92 Å². The highest BCUT2D eigenvalue weighted by molar-refractivity contribution is 5.62. The van der Waals surface area contributed by atoms with Crippen molar-refractivity contribution in [2.24, 2.45) is 0 Å².